The van der Waals surface area contributed by atoms with Crippen molar-refractivity contribution in [2.45, 2.75) is 13.0 Å². The van der Waals surface area contributed by atoms with E-state index in [2.05, 4.69) is 17.1 Å². The first kappa shape index (κ1) is 11.0. The first-order chi connectivity index (χ1) is 8.85. The van der Waals surface area contributed by atoms with Crippen molar-refractivity contribution in [3.63, 3.8) is 0 Å². The molecule has 0 saturated heterocycles. The highest BCUT2D eigenvalue weighted by Gasteiger charge is 2.06. The quantitative estimate of drug-likeness (QED) is 0.763. The molecule has 0 aliphatic rings. The molecule has 3 nitrogen and oxygen atoms in total. The minimum atomic E-state index is 0.525. The largest absolute Gasteiger partial charge is 0.440 e. The number of hydrogen-bond acceptors (Lipinski definition) is 3. The van der Waals surface area contributed by atoms with Crippen LogP contribution in [0.1, 0.15) is 17.0 Å². The van der Waals surface area contributed by atoms with E-state index in [0.717, 1.165) is 22.6 Å². The van der Waals surface area contributed by atoms with Crippen LogP contribution in [-0.4, -0.2) is 4.98 Å². The third-order valence-corrected chi connectivity index (χ3v) is 2.93. The minimum Gasteiger partial charge on any atom is -0.440 e. The summed E-state index contributed by atoms with van der Waals surface area (Å²) in [5, 5.41) is 0. The van der Waals surface area contributed by atoms with Gasteiger partial charge in [-0.15, -0.1) is 0 Å². The average molecular weight is 238 g/mol. The van der Waals surface area contributed by atoms with E-state index in [4.69, 9.17) is 10.2 Å². The zero-order valence-electron chi connectivity index (χ0n) is 9.97. The monoisotopic (exact) mass is 238 g/mol. The predicted octanol–water partition coefficient (Wildman–Crippen LogP) is 2.88. The fourth-order valence-corrected chi connectivity index (χ4v) is 1.99. The number of fused-ring (bicyclic) bond motifs is 1. The molecule has 18 heavy (non-hydrogen) atoms. The van der Waals surface area contributed by atoms with Gasteiger partial charge in [0.15, 0.2) is 11.5 Å². The van der Waals surface area contributed by atoms with Gasteiger partial charge in [-0.1, -0.05) is 36.4 Å². The summed E-state index contributed by atoms with van der Waals surface area (Å²) in [6.45, 7) is 0.525. The van der Waals surface area contributed by atoms with Crippen LogP contribution in [0.25, 0.3) is 11.1 Å². The highest BCUT2D eigenvalue weighted by Crippen LogP contribution is 2.19. The van der Waals surface area contributed by atoms with E-state index in [-0.39, 0.29) is 0 Å². The lowest BCUT2D eigenvalue weighted by atomic mass is 10.1. The number of aromatic nitrogens is 1. The van der Waals surface area contributed by atoms with E-state index < -0.39 is 0 Å². The molecule has 2 aromatic carbocycles. The molecule has 1 aromatic heterocycles. The van der Waals surface area contributed by atoms with Crippen molar-refractivity contribution in [1.82, 2.24) is 4.98 Å². The van der Waals surface area contributed by atoms with Crippen LogP contribution in [0.3, 0.4) is 0 Å². The van der Waals surface area contributed by atoms with Gasteiger partial charge in [0.05, 0.1) is 0 Å². The SMILES string of the molecule is NCc1ccc2oc(Cc3ccccc3)nc2c1. The summed E-state index contributed by atoms with van der Waals surface area (Å²) < 4.78 is 5.72. The van der Waals surface area contributed by atoms with Crippen LogP contribution >= 0.6 is 0 Å². The molecule has 0 radical (unpaired) electrons. The van der Waals surface area contributed by atoms with Crippen molar-refractivity contribution in [1.29, 1.82) is 0 Å². The second-order valence-electron chi connectivity index (χ2n) is 4.28. The standard InChI is InChI=1S/C15H14N2O/c16-10-12-6-7-14-13(8-12)17-15(18-14)9-11-4-2-1-3-5-11/h1-8H,9-10,16H2. The van der Waals surface area contributed by atoms with Gasteiger partial charge in [-0.05, 0) is 23.3 Å². The molecule has 0 unspecified atom stereocenters. The molecule has 0 aliphatic carbocycles. The molecule has 3 heteroatoms. The summed E-state index contributed by atoms with van der Waals surface area (Å²) >= 11 is 0. The van der Waals surface area contributed by atoms with E-state index in [1.54, 1.807) is 0 Å². The molecule has 3 rings (SSSR count). The normalized spacial score (nSPS) is 10.9. The first-order valence-electron chi connectivity index (χ1n) is 5.97. The molecular formula is C15H14N2O. The van der Waals surface area contributed by atoms with Gasteiger partial charge in [-0.2, -0.15) is 0 Å². The van der Waals surface area contributed by atoms with E-state index in [9.17, 15) is 0 Å². The number of benzene rings is 2. The molecule has 0 spiro atoms. The van der Waals surface area contributed by atoms with Crippen LogP contribution in [0.15, 0.2) is 52.9 Å². The second-order valence-corrected chi connectivity index (χ2v) is 4.28. The predicted molar refractivity (Wildman–Crippen MR) is 71.1 cm³/mol. The Morgan fingerprint density at radius 3 is 2.61 bits per heavy atom. The van der Waals surface area contributed by atoms with Crippen LogP contribution in [0.5, 0.6) is 0 Å². The number of nitrogens with zero attached hydrogens (tertiary/aromatic N) is 1. The Kier molecular flexibility index (Phi) is 2.82. The summed E-state index contributed by atoms with van der Waals surface area (Å²) in [6.07, 6.45) is 0.716. The molecule has 2 N–H and O–H groups in total. The molecule has 0 atom stereocenters. The van der Waals surface area contributed by atoms with Gasteiger partial charge in [-0.25, -0.2) is 4.98 Å². The molecule has 90 valence electrons. The van der Waals surface area contributed by atoms with E-state index >= 15 is 0 Å². The number of rotatable bonds is 3. The summed E-state index contributed by atoms with van der Waals surface area (Å²) in [5.74, 6) is 0.741. The maximum Gasteiger partial charge on any atom is 0.199 e. The minimum absolute atomic E-state index is 0.525. The van der Waals surface area contributed by atoms with Crippen LogP contribution in [0.2, 0.25) is 0 Å². The fourth-order valence-electron chi connectivity index (χ4n) is 1.99. The highest BCUT2D eigenvalue weighted by molar-refractivity contribution is 5.73. The van der Waals surface area contributed by atoms with Crippen LogP contribution in [0, 0.1) is 0 Å². The Bertz CT molecular complexity index is 659. The lowest BCUT2D eigenvalue weighted by Crippen LogP contribution is -1.95. The van der Waals surface area contributed by atoms with E-state index in [1.807, 2.05) is 36.4 Å². The lowest BCUT2D eigenvalue weighted by molar-refractivity contribution is 0.544. The summed E-state index contributed by atoms with van der Waals surface area (Å²) in [7, 11) is 0. The van der Waals surface area contributed by atoms with E-state index in [1.165, 1.54) is 5.56 Å². The maximum atomic E-state index is 5.72. The van der Waals surface area contributed by atoms with Gasteiger partial charge in [-0.3, -0.25) is 0 Å². The molecule has 1 heterocycles. The Labute approximate surface area is 105 Å². The topological polar surface area (TPSA) is 52.0 Å². The van der Waals surface area contributed by atoms with Crippen LogP contribution < -0.4 is 5.73 Å². The van der Waals surface area contributed by atoms with Crippen LogP contribution in [-0.2, 0) is 13.0 Å². The number of hydrogen-bond donors (Lipinski definition) is 1. The highest BCUT2D eigenvalue weighted by atomic mass is 16.3. The van der Waals surface area contributed by atoms with Gasteiger partial charge in [0.1, 0.15) is 5.52 Å². The Balaban J connectivity index is 1.94. The summed E-state index contributed by atoms with van der Waals surface area (Å²) in [5.41, 5.74) is 9.58. The van der Waals surface area contributed by atoms with Crippen molar-refractivity contribution in [2.75, 3.05) is 0 Å². The van der Waals surface area contributed by atoms with Gasteiger partial charge in [0.2, 0.25) is 0 Å². The zero-order chi connectivity index (χ0) is 12.4. The van der Waals surface area contributed by atoms with Gasteiger partial charge < -0.3 is 10.2 Å². The van der Waals surface area contributed by atoms with Gasteiger partial charge in [0.25, 0.3) is 0 Å². The van der Waals surface area contributed by atoms with Crippen LogP contribution in [0.4, 0.5) is 0 Å². The third-order valence-electron chi connectivity index (χ3n) is 2.93. The smallest absolute Gasteiger partial charge is 0.199 e. The van der Waals surface area contributed by atoms with Crippen molar-refractivity contribution >= 4 is 11.1 Å². The van der Waals surface area contributed by atoms with Crippen molar-refractivity contribution in [3.05, 3.63) is 65.5 Å². The molecule has 0 saturated carbocycles. The second kappa shape index (κ2) is 4.63. The molecule has 0 aliphatic heterocycles. The molecular weight excluding hydrogens is 224 g/mol. The number of nitrogens with two attached hydrogens (primary N) is 1. The number of oxazole rings is 1. The molecule has 3 aromatic rings. The molecule has 0 amide bonds. The Morgan fingerprint density at radius 2 is 1.83 bits per heavy atom. The van der Waals surface area contributed by atoms with Crippen molar-refractivity contribution in [2.24, 2.45) is 5.73 Å². The lowest BCUT2D eigenvalue weighted by Gasteiger charge is -1.94. The summed E-state index contributed by atoms with van der Waals surface area (Å²) in [4.78, 5) is 4.49. The fraction of sp³-hybridized carbons (Fsp3) is 0.133. The van der Waals surface area contributed by atoms with Gasteiger partial charge >= 0.3 is 0 Å². The zero-order valence-corrected chi connectivity index (χ0v) is 9.97. The van der Waals surface area contributed by atoms with Crippen molar-refractivity contribution < 1.29 is 4.42 Å². The maximum absolute atomic E-state index is 5.72. The Morgan fingerprint density at radius 1 is 1.00 bits per heavy atom. The molecule has 0 bridgehead atoms. The first-order valence-corrected chi connectivity index (χ1v) is 5.97. The Hall–Kier alpha value is -2.13. The van der Waals surface area contributed by atoms with Gasteiger partial charge in [0, 0.05) is 13.0 Å². The summed E-state index contributed by atoms with van der Waals surface area (Å²) in [6, 6.07) is 16.1. The third kappa shape index (κ3) is 2.13. The average Bonchev–Trinajstić information content (AvgIpc) is 2.80. The molecule has 0 fully saturated rings. The van der Waals surface area contributed by atoms with E-state index in [0.29, 0.717) is 13.0 Å². The van der Waals surface area contributed by atoms with Crippen molar-refractivity contribution in [3.8, 4) is 0 Å².